The number of furan rings is 1. The minimum absolute atomic E-state index is 0.880. The van der Waals surface area contributed by atoms with E-state index < -0.39 is 0 Å². The van der Waals surface area contributed by atoms with Gasteiger partial charge in [0.15, 0.2) is 0 Å². The topological polar surface area (TPSA) is 37.2 Å². The minimum Gasteiger partial charge on any atom is -0.464 e. The van der Waals surface area contributed by atoms with Crippen molar-refractivity contribution in [1.29, 1.82) is 0 Å². The van der Waals surface area contributed by atoms with Crippen molar-refractivity contribution in [3.8, 4) is 0 Å². The van der Waals surface area contributed by atoms with Crippen LogP contribution in [0.2, 0.25) is 0 Å². The summed E-state index contributed by atoms with van der Waals surface area (Å²) in [7, 11) is 0. The van der Waals surface area contributed by atoms with Crippen LogP contribution in [0.15, 0.2) is 34.9 Å². The van der Waals surface area contributed by atoms with E-state index in [1.807, 2.05) is 18.4 Å². The number of fused-ring (bicyclic) bond motifs is 1. The monoisotopic (exact) mass is 246 g/mol. The third kappa shape index (κ3) is 3.59. The van der Waals surface area contributed by atoms with E-state index in [1.54, 1.807) is 0 Å². The van der Waals surface area contributed by atoms with Crippen LogP contribution in [-0.2, 0) is 6.54 Å². The Morgan fingerprint density at radius 3 is 2.78 bits per heavy atom. The molecular formula is C15H22N2O. The van der Waals surface area contributed by atoms with Crippen LogP contribution < -0.4 is 10.6 Å². The molecule has 98 valence electrons. The fraction of sp³-hybridized carbons (Fsp3) is 0.467. The van der Waals surface area contributed by atoms with Gasteiger partial charge in [0, 0.05) is 17.5 Å². The predicted molar refractivity (Wildman–Crippen MR) is 75.7 cm³/mol. The number of nitrogens with one attached hydrogen (secondary N) is 2. The highest BCUT2D eigenvalue weighted by molar-refractivity contribution is 5.80. The number of benzene rings is 1. The molecule has 1 aromatic carbocycles. The molecule has 0 spiro atoms. The summed E-state index contributed by atoms with van der Waals surface area (Å²) in [5.74, 6) is 0. The summed E-state index contributed by atoms with van der Waals surface area (Å²) in [6, 6.07) is 8.17. The van der Waals surface area contributed by atoms with Crippen LogP contribution in [0, 0.1) is 0 Å². The average Bonchev–Trinajstić information content (AvgIpc) is 2.81. The molecule has 0 aliphatic heterocycles. The Labute approximate surface area is 109 Å². The zero-order valence-corrected chi connectivity index (χ0v) is 11.0. The van der Waals surface area contributed by atoms with E-state index in [2.05, 4.69) is 29.7 Å². The lowest BCUT2D eigenvalue weighted by Gasteiger charge is -2.04. The Kier molecular flexibility index (Phi) is 5.24. The quantitative estimate of drug-likeness (QED) is 0.703. The molecule has 0 radical (unpaired) electrons. The summed E-state index contributed by atoms with van der Waals surface area (Å²) in [5, 5.41) is 8.07. The van der Waals surface area contributed by atoms with E-state index in [-0.39, 0.29) is 0 Å². The molecule has 0 aliphatic rings. The van der Waals surface area contributed by atoms with E-state index in [0.717, 1.165) is 38.2 Å². The molecule has 2 rings (SSSR count). The Balaban J connectivity index is 1.70. The van der Waals surface area contributed by atoms with E-state index in [4.69, 9.17) is 4.42 Å². The first-order valence-electron chi connectivity index (χ1n) is 6.78. The molecule has 0 unspecified atom stereocenters. The smallest absolute Gasteiger partial charge is 0.134 e. The zero-order valence-electron chi connectivity index (χ0n) is 11.0. The molecule has 2 aromatic rings. The van der Waals surface area contributed by atoms with Crippen LogP contribution in [0.5, 0.6) is 0 Å². The molecule has 3 heteroatoms. The lowest BCUT2D eigenvalue weighted by Crippen LogP contribution is -2.22. The molecule has 0 fully saturated rings. The highest BCUT2D eigenvalue weighted by Crippen LogP contribution is 2.20. The van der Waals surface area contributed by atoms with Gasteiger partial charge in [-0.1, -0.05) is 25.1 Å². The van der Waals surface area contributed by atoms with Crippen LogP contribution >= 0.6 is 0 Å². The van der Waals surface area contributed by atoms with Crippen molar-refractivity contribution < 1.29 is 4.42 Å². The predicted octanol–water partition coefficient (Wildman–Crippen LogP) is 2.91. The van der Waals surface area contributed by atoms with Crippen LogP contribution in [0.25, 0.3) is 11.0 Å². The molecular weight excluding hydrogens is 224 g/mol. The zero-order chi connectivity index (χ0) is 12.6. The largest absolute Gasteiger partial charge is 0.464 e. The fourth-order valence-electron chi connectivity index (χ4n) is 2.03. The third-order valence-corrected chi connectivity index (χ3v) is 3.01. The summed E-state index contributed by atoms with van der Waals surface area (Å²) < 4.78 is 5.51. The molecule has 0 bridgehead atoms. The van der Waals surface area contributed by atoms with Crippen molar-refractivity contribution in [3.05, 3.63) is 36.1 Å². The van der Waals surface area contributed by atoms with Gasteiger partial charge in [0.1, 0.15) is 5.58 Å². The summed E-state index contributed by atoms with van der Waals surface area (Å²) in [5.41, 5.74) is 2.21. The van der Waals surface area contributed by atoms with Gasteiger partial charge in [-0.15, -0.1) is 0 Å². The second kappa shape index (κ2) is 7.19. The van der Waals surface area contributed by atoms with Crippen molar-refractivity contribution in [1.82, 2.24) is 10.6 Å². The van der Waals surface area contributed by atoms with Gasteiger partial charge >= 0.3 is 0 Å². The molecule has 0 saturated carbocycles. The second-order valence-electron chi connectivity index (χ2n) is 4.54. The lowest BCUT2D eigenvalue weighted by atomic mass is 10.2. The van der Waals surface area contributed by atoms with Crippen molar-refractivity contribution in [2.45, 2.75) is 26.3 Å². The Hall–Kier alpha value is -1.32. The highest BCUT2D eigenvalue weighted by Gasteiger charge is 2.03. The summed E-state index contributed by atoms with van der Waals surface area (Å²) >= 11 is 0. The second-order valence-corrected chi connectivity index (χ2v) is 4.54. The van der Waals surface area contributed by atoms with Gasteiger partial charge in [-0.3, -0.25) is 0 Å². The van der Waals surface area contributed by atoms with E-state index in [9.17, 15) is 0 Å². The molecule has 0 amide bonds. The molecule has 2 N–H and O–H groups in total. The summed E-state index contributed by atoms with van der Waals surface area (Å²) in [6.45, 7) is 6.32. The Morgan fingerprint density at radius 1 is 1.06 bits per heavy atom. The number of rotatable bonds is 8. The molecule has 1 heterocycles. The summed E-state index contributed by atoms with van der Waals surface area (Å²) in [4.78, 5) is 0. The Morgan fingerprint density at radius 2 is 1.89 bits per heavy atom. The fourth-order valence-corrected chi connectivity index (χ4v) is 2.03. The number of hydrogen-bond donors (Lipinski definition) is 2. The first-order chi connectivity index (χ1) is 8.92. The van der Waals surface area contributed by atoms with E-state index in [1.165, 1.54) is 17.4 Å². The van der Waals surface area contributed by atoms with Crippen molar-refractivity contribution in [2.24, 2.45) is 0 Å². The molecule has 3 nitrogen and oxygen atoms in total. The van der Waals surface area contributed by atoms with Crippen LogP contribution in [0.3, 0.4) is 0 Å². The average molecular weight is 246 g/mol. The molecule has 18 heavy (non-hydrogen) atoms. The van der Waals surface area contributed by atoms with Crippen LogP contribution in [-0.4, -0.2) is 19.6 Å². The van der Waals surface area contributed by atoms with Crippen LogP contribution in [0.1, 0.15) is 25.3 Å². The number of hydrogen-bond acceptors (Lipinski definition) is 3. The lowest BCUT2D eigenvalue weighted by molar-refractivity contribution is 0.581. The van der Waals surface area contributed by atoms with E-state index >= 15 is 0 Å². The SMILES string of the molecule is CCCNCCCNCc1coc2ccccc12. The van der Waals surface area contributed by atoms with Crippen molar-refractivity contribution in [3.63, 3.8) is 0 Å². The van der Waals surface area contributed by atoms with Crippen molar-refractivity contribution >= 4 is 11.0 Å². The first-order valence-corrected chi connectivity index (χ1v) is 6.78. The van der Waals surface area contributed by atoms with Crippen LogP contribution in [0.4, 0.5) is 0 Å². The molecule has 1 aromatic heterocycles. The van der Waals surface area contributed by atoms with Gasteiger partial charge in [-0.2, -0.15) is 0 Å². The first kappa shape index (κ1) is 13.1. The Bertz CT molecular complexity index is 464. The maximum absolute atomic E-state index is 5.51. The standard InChI is InChI=1S/C15H22N2O/c1-2-8-16-9-5-10-17-11-13-12-18-15-7-4-3-6-14(13)15/h3-4,6-7,12,16-17H,2,5,8-11H2,1H3. The maximum Gasteiger partial charge on any atom is 0.134 e. The molecule has 0 aliphatic carbocycles. The molecule has 0 atom stereocenters. The van der Waals surface area contributed by atoms with Gasteiger partial charge < -0.3 is 15.1 Å². The maximum atomic E-state index is 5.51. The van der Waals surface area contributed by atoms with Gasteiger partial charge in [-0.05, 0) is 38.5 Å². The third-order valence-electron chi connectivity index (χ3n) is 3.01. The highest BCUT2D eigenvalue weighted by atomic mass is 16.3. The molecule has 0 saturated heterocycles. The normalized spacial score (nSPS) is 11.2. The van der Waals surface area contributed by atoms with Gasteiger partial charge in [-0.25, -0.2) is 0 Å². The van der Waals surface area contributed by atoms with Gasteiger partial charge in [0.25, 0.3) is 0 Å². The van der Waals surface area contributed by atoms with E-state index in [0.29, 0.717) is 0 Å². The summed E-state index contributed by atoms with van der Waals surface area (Å²) in [6.07, 6.45) is 4.22. The van der Waals surface area contributed by atoms with Crippen molar-refractivity contribution in [2.75, 3.05) is 19.6 Å². The van der Waals surface area contributed by atoms with Gasteiger partial charge in [0.05, 0.1) is 6.26 Å². The van der Waals surface area contributed by atoms with Gasteiger partial charge in [0.2, 0.25) is 0 Å². The number of para-hydroxylation sites is 1. The minimum atomic E-state index is 0.880.